The van der Waals surface area contributed by atoms with Crippen LogP contribution in [-0.2, 0) is 11.3 Å². The van der Waals surface area contributed by atoms with Crippen molar-refractivity contribution < 1.29 is 13.9 Å². The SMILES string of the molecule is C=C(C)Cn1cnc2oc(C)c(C(=O)OCC)c2c1=O. The van der Waals surface area contributed by atoms with Crippen LogP contribution in [0.25, 0.3) is 11.1 Å². The molecule has 0 aliphatic rings. The lowest BCUT2D eigenvalue weighted by atomic mass is 10.2. The number of furan rings is 1. The van der Waals surface area contributed by atoms with E-state index in [1.807, 2.05) is 6.92 Å². The zero-order chi connectivity index (χ0) is 14.9. The van der Waals surface area contributed by atoms with Gasteiger partial charge in [-0.25, -0.2) is 9.78 Å². The highest BCUT2D eigenvalue weighted by molar-refractivity contribution is 6.03. The summed E-state index contributed by atoms with van der Waals surface area (Å²) in [6.45, 7) is 9.45. The summed E-state index contributed by atoms with van der Waals surface area (Å²) in [7, 11) is 0. The summed E-state index contributed by atoms with van der Waals surface area (Å²) in [5.74, 6) is -0.244. The third kappa shape index (κ3) is 2.36. The number of aromatic nitrogens is 2. The minimum absolute atomic E-state index is 0.147. The van der Waals surface area contributed by atoms with E-state index in [0.717, 1.165) is 5.57 Å². The van der Waals surface area contributed by atoms with Gasteiger partial charge in [-0.1, -0.05) is 12.2 Å². The summed E-state index contributed by atoms with van der Waals surface area (Å²) in [5.41, 5.74) is 0.771. The van der Waals surface area contributed by atoms with Gasteiger partial charge in [-0.05, 0) is 20.8 Å². The number of aryl methyl sites for hydroxylation is 1. The monoisotopic (exact) mass is 276 g/mol. The predicted octanol–water partition coefficient (Wildman–Crippen LogP) is 2.05. The molecule has 2 aromatic rings. The molecule has 0 aliphatic carbocycles. The fraction of sp³-hybridized carbons (Fsp3) is 0.357. The summed E-state index contributed by atoms with van der Waals surface area (Å²) in [4.78, 5) is 28.4. The molecule has 0 N–H and O–H groups in total. The van der Waals surface area contributed by atoms with Gasteiger partial charge >= 0.3 is 5.97 Å². The second-order valence-corrected chi connectivity index (χ2v) is 4.57. The molecule has 0 bridgehead atoms. The summed E-state index contributed by atoms with van der Waals surface area (Å²) in [5, 5.41) is 0.157. The molecule has 2 aromatic heterocycles. The number of rotatable bonds is 4. The molecule has 20 heavy (non-hydrogen) atoms. The second-order valence-electron chi connectivity index (χ2n) is 4.57. The zero-order valence-electron chi connectivity index (χ0n) is 11.7. The van der Waals surface area contributed by atoms with Crippen molar-refractivity contribution in [3.63, 3.8) is 0 Å². The standard InChI is InChI=1S/C14H16N2O4/c1-5-19-14(18)10-9(4)20-12-11(10)13(17)16(7-15-12)6-8(2)3/h7H,2,5-6H2,1,3-4H3. The van der Waals surface area contributed by atoms with Gasteiger partial charge in [0.15, 0.2) is 0 Å². The van der Waals surface area contributed by atoms with Crippen LogP contribution in [0.3, 0.4) is 0 Å². The van der Waals surface area contributed by atoms with E-state index < -0.39 is 5.97 Å². The van der Waals surface area contributed by atoms with Gasteiger partial charge in [-0.3, -0.25) is 9.36 Å². The topological polar surface area (TPSA) is 74.3 Å². The van der Waals surface area contributed by atoms with Gasteiger partial charge in [0.2, 0.25) is 5.71 Å². The van der Waals surface area contributed by atoms with Crippen LogP contribution >= 0.6 is 0 Å². The number of ether oxygens (including phenoxy) is 1. The lowest BCUT2D eigenvalue weighted by Crippen LogP contribution is -2.22. The van der Waals surface area contributed by atoms with Crippen molar-refractivity contribution in [2.24, 2.45) is 0 Å². The molecule has 0 fully saturated rings. The van der Waals surface area contributed by atoms with Crippen LogP contribution in [0, 0.1) is 6.92 Å². The summed E-state index contributed by atoms with van der Waals surface area (Å²) in [6.07, 6.45) is 1.39. The lowest BCUT2D eigenvalue weighted by Gasteiger charge is -2.04. The molecule has 0 saturated heterocycles. The van der Waals surface area contributed by atoms with E-state index in [1.54, 1.807) is 13.8 Å². The average molecular weight is 276 g/mol. The third-order valence-electron chi connectivity index (χ3n) is 2.77. The van der Waals surface area contributed by atoms with Crippen LogP contribution in [0.15, 0.2) is 27.7 Å². The van der Waals surface area contributed by atoms with E-state index in [0.29, 0.717) is 12.3 Å². The van der Waals surface area contributed by atoms with Crippen molar-refractivity contribution in [3.8, 4) is 0 Å². The molecule has 0 atom stereocenters. The second kappa shape index (κ2) is 5.32. The van der Waals surface area contributed by atoms with E-state index in [-0.39, 0.29) is 28.8 Å². The Morgan fingerprint density at radius 3 is 2.85 bits per heavy atom. The largest absolute Gasteiger partial charge is 0.462 e. The fourth-order valence-corrected chi connectivity index (χ4v) is 1.99. The average Bonchev–Trinajstić information content (AvgIpc) is 2.70. The highest BCUT2D eigenvalue weighted by Crippen LogP contribution is 2.21. The molecule has 0 radical (unpaired) electrons. The van der Waals surface area contributed by atoms with Gasteiger partial charge in [0.25, 0.3) is 5.56 Å². The Morgan fingerprint density at radius 2 is 2.25 bits per heavy atom. The van der Waals surface area contributed by atoms with E-state index in [1.165, 1.54) is 10.9 Å². The molecule has 0 amide bonds. The molecule has 2 heterocycles. The molecular weight excluding hydrogens is 260 g/mol. The Labute approximate surface area is 115 Å². The zero-order valence-corrected chi connectivity index (χ0v) is 11.7. The van der Waals surface area contributed by atoms with Crippen molar-refractivity contribution in [2.75, 3.05) is 6.61 Å². The third-order valence-corrected chi connectivity index (χ3v) is 2.77. The van der Waals surface area contributed by atoms with E-state index in [9.17, 15) is 9.59 Å². The minimum Gasteiger partial charge on any atom is -0.462 e. The Kier molecular flexibility index (Phi) is 3.74. The van der Waals surface area contributed by atoms with Gasteiger partial charge in [0.1, 0.15) is 23.0 Å². The van der Waals surface area contributed by atoms with Crippen LogP contribution in [0.2, 0.25) is 0 Å². The van der Waals surface area contributed by atoms with Crippen molar-refractivity contribution in [1.29, 1.82) is 0 Å². The molecule has 0 aliphatic heterocycles. The maximum absolute atomic E-state index is 12.4. The van der Waals surface area contributed by atoms with Crippen LogP contribution in [0.5, 0.6) is 0 Å². The van der Waals surface area contributed by atoms with Crippen LogP contribution < -0.4 is 5.56 Å². The van der Waals surface area contributed by atoms with Crippen LogP contribution in [0.4, 0.5) is 0 Å². The number of allylic oxidation sites excluding steroid dienone is 1. The molecular formula is C14H16N2O4. The minimum atomic E-state index is -0.573. The summed E-state index contributed by atoms with van der Waals surface area (Å²) >= 11 is 0. The molecule has 0 unspecified atom stereocenters. The number of fused-ring (bicyclic) bond motifs is 1. The number of carbonyl (C=O) groups is 1. The molecule has 6 heteroatoms. The van der Waals surface area contributed by atoms with Crippen LogP contribution in [-0.4, -0.2) is 22.1 Å². The highest BCUT2D eigenvalue weighted by Gasteiger charge is 2.23. The first-order valence-electron chi connectivity index (χ1n) is 6.25. The maximum atomic E-state index is 12.4. The van der Waals surface area contributed by atoms with Crippen molar-refractivity contribution in [3.05, 3.63) is 40.2 Å². The lowest BCUT2D eigenvalue weighted by molar-refractivity contribution is 0.0526. The Hall–Kier alpha value is -2.37. The smallest absolute Gasteiger partial charge is 0.342 e. The van der Waals surface area contributed by atoms with Gasteiger partial charge in [0.05, 0.1) is 6.61 Å². The van der Waals surface area contributed by atoms with E-state index in [2.05, 4.69) is 11.6 Å². The number of hydrogen-bond acceptors (Lipinski definition) is 5. The van der Waals surface area contributed by atoms with Crippen LogP contribution in [0.1, 0.15) is 30.0 Å². The van der Waals surface area contributed by atoms with Crippen molar-refractivity contribution in [2.45, 2.75) is 27.3 Å². The highest BCUT2D eigenvalue weighted by atomic mass is 16.5. The normalized spacial score (nSPS) is 10.8. The van der Waals surface area contributed by atoms with Crippen molar-refractivity contribution in [1.82, 2.24) is 9.55 Å². The van der Waals surface area contributed by atoms with E-state index in [4.69, 9.17) is 9.15 Å². The Morgan fingerprint density at radius 1 is 1.55 bits per heavy atom. The van der Waals surface area contributed by atoms with Gasteiger partial charge in [-0.2, -0.15) is 0 Å². The molecule has 2 rings (SSSR count). The maximum Gasteiger partial charge on any atom is 0.342 e. The first-order chi connectivity index (χ1) is 9.45. The molecule has 0 spiro atoms. The summed E-state index contributed by atoms with van der Waals surface area (Å²) < 4.78 is 11.7. The summed E-state index contributed by atoms with van der Waals surface area (Å²) in [6, 6.07) is 0. The number of esters is 1. The fourth-order valence-electron chi connectivity index (χ4n) is 1.99. The number of hydrogen-bond donors (Lipinski definition) is 0. The van der Waals surface area contributed by atoms with Crippen molar-refractivity contribution >= 4 is 17.1 Å². The Bertz CT molecular complexity index is 739. The van der Waals surface area contributed by atoms with Gasteiger partial charge < -0.3 is 9.15 Å². The van der Waals surface area contributed by atoms with Gasteiger partial charge in [-0.15, -0.1) is 0 Å². The first-order valence-corrected chi connectivity index (χ1v) is 6.25. The number of carbonyl (C=O) groups excluding carboxylic acids is 1. The van der Waals surface area contributed by atoms with Gasteiger partial charge in [0, 0.05) is 6.54 Å². The first kappa shape index (κ1) is 14.0. The quantitative estimate of drug-likeness (QED) is 0.631. The molecule has 6 nitrogen and oxygen atoms in total. The number of nitrogens with zero attached hydrogens (tertiary/aromatic N) is 2. The molecule has 106 valence electrons. The van der Waals surface area contributed by atoms with E-state index >= 15 is 0 Å². The Balaban J connectivity index is 2.69. The molecule has 0 saturated carbocycles. The predicted molar refractivity (Wildman–Crippen MR) is 73.8 cm³/mol. The molecule has 0 aromatic carbocycles.